The normalized spacial score (nSPS) is 14.8. The second-order valence-electron chi connectivity index (χ2n) is 8.99. The maximum Gasteiger partial charge on any atom is 0.338 e. The summed E-state index contributed by atoms with van der Waals surface area (Å²) in [6.45, 7) is 7.39. The molecule has 0 spiro atoms. The molecule has 1 atom stereocenters. The van der Waals surface area contributed by atoms with Gasteiger partial charge in [-0.15, -0.1) is 0 Å². The summed E-state index contributed by atoms with van der Waals surface area (Å²) in [5.74, 6) is 0.939. The van der Waals surface area contributed by atoms with Gasteiger partial charge in [0.2, 0.25) is 0 Å². The highest BCUT2D eigenvalue weighted by Gasteiger charge is 2.35. The molecule has 2 aromatic carbocycles. The monoisotopic (exact) mass is 673 g/mol. The SMILES string of the molecule is CCOC(=O)C1=C(C)N=c2s/c(=C/c3cc(I)c(OCC#N)c(OC)c3)c(=O)n2[C@@H]1c1ccccc1OC(C)C. The van der Waals surface area contributed by atoms with Crippen LogP contribution in [0.3, 0.4) is 0 Å². The number of esters is 1. The van der Waals surface area contributed by atoms with E-state index >= 15 is 0 Å². The van der Waals surface area contributed by atoms with Gasteiger partial charge in [-0.2, -0.15) is 5.26 Å². The smallest absolute Gasteiger partial charge is 0.338 e. The van der Waals surface area contributed by atoms with Crippen molar-refractivity contribution in [2.75, 3.05) is 20.3 Å². The third-order valence-corrected chi connectivity index (χ3v) is 7.71. The minimum absolute atomic E-state index is 0.117. The van der Waals surface area contributed by atoms with E-state index in [4.69, 9.17) is 24.2 Å². The van der Waals surface area contributed by atoms with Crippen molar-refractivity contribution in [3.05, 3.63) is 82.1 Å². The number of para-hydroxylation sites is 1. The van der Waals surface area contributed by atoms with Crippen LogP contribution in [-0.2, 0) is 9.53 Å². The Balaban J connectivity index is 1.94. The van der Waals surface area contributed by atoms with Gasteiger partial charge in [-0.05, 0) is 80.1 Å². The Morgan fingerprint density at radius 2 is 2.02 bits per heavy atom. The lowest BCUT2D eigenvalue weighted by molar-refractivity contribution is -0.139. The molecule has 0 radical (unpaired) electrons. The number of nitrogens with zero attached hydrogens (tertiary/aromatic N) is 3. The second kappa shape index (κ2) is 12.7. The van der Waals surface area contributed by atoms with E-state index in [1.54, 1.807) is 26.0 Å². The summed E-state index contributed by atoms with van der Waals surface area (Å²) in [7, 11) is 1.51. The van der Waals surface area contributed by atoms with Gasteiger partial charge >= 0.3 is 5.97 Å². The fourth-order valence-corrected chi connectivity index (χ4v) is 6.20. The van der Waals surface area contributed by atoms with Crippen molar-refractivity contribution in [3.63, 3.8) is 0 Å². The Hall–Kier alpha value is -3.63. The van der Waals surface area contributed by atoms with Crippen molar-refractivity contribution in [3.8, 4) is 23.3 Å². The summed E-state index contributed by atoms with van der Waals surface area (Å²) in [6.07, 6.45) is 1.63. The van der Waals surface area contributed by atoms with Crippen molar-refractivity contribution in [1.29, 1.82) is 5.26 Å². The van der Waals surface area contributed by atoms with E-state index in [1.807, 2.05) is 50.2 Å². The first kappa shape index (κ1) is 29.4. The third-order valence-electron chi connectivity index (χ3n) is 5.92. The van der Waals surface area contributed by atoms with Crippen molar-refractivity contribution >= 4 is 46.0 Å². The molecule has 208 valence electrons. The summed E-state index contributed by atoms with van der Waals surface area (Å²) in [4.78, 5) is 32.3. The summed E-state index contributed by atoms with van der Waals surface area (Å²) < 4.78 is 25.2. The van der Waals surface area contributed by atoms with E-state index in [1.165, 1.54) is 23.0 Å². The Kier molecular flexibility index (Phi) is 9.32. The number of thiazole rings is 1. The highest BCUT2D eigenvalue weighted by Crippen LogP contribution is 2.37. The third kappa shape index (κ3) is 5.93. The molecule has 1 aliphatic rings. The maximum absolute atomic E-state index is 14.0. The largest absolute Gasteiger partial charge is 0.493 e. The van der Waals surface area contributed by atoms with Crippen LogP contribution in [0.5, 0.6) is 17.2 Å². The number of halogens is 1. The van der Waals surface area contributed by atoms with Crippen LogP contribution < -0.4 is 29.1 Å². The van der Waals surface area contributed by atoms with E-state index in [-0.39, 0.29) is 30.5 Å². The first-order chi connectivity index (χ1) is 19.2. The molecule has 0 amide bonds. The van der Waals surface area contributed by atoms with Crippen LogP contribution in [-0.4, -0.2) is 37.0 Å². The van der Waals surface area contributed by atoms with Crippen LogP contribution in [0.2, 0.25) is 0 Å². The van der Waals surface area contributed by atoms with Crippen molar-refractivity contribution in [2.24, 2.45) is 4.99 Å². The molecule has 1 aliphatic heterocycles. The van der Waals surface area contributed by atoms with Gasteiger partial charge in [0.05, 0.1) is 39.2 Å². The van der Waals surface area contributed by atoms with Gasteiger partial charge in [-0.3, -0.25) is 9.36 Å². The summed E-state index contributed by atoms with van der Waals surface area (Å²) in [6, 6.07) is 12.1. The predicted octanol–water partition coefficient (Wildman–Crippen LogP) is 4.10. The topological polar surface area (TPSA) is 112 Å². The van der Waals surface area contributed by atoms with E-state index in [0.717, 1.165) is 3.57 Å². The van der Waals surface area contributed by atoms with E-state index < -0.39 is 12.0 Å². The summed E-state index contributed by atoms with van der Waals surface area (Å²) >= 11 is 3.33. The molecule has 1 aromatic heterocycles. The Morgan fingerprint density at radius 3 is 2.70 bits per heavy atom. The Bertz CT molecular complexity index is 1700. The summed E-state index contributed by atoms with van der Waals surface area (Å²) in [5, 5.41) is 8.90. The van der Waals surface area contributed by atoms with E-state index in [2.05, 4.69) is 27.6 Å². The zero-order chi connectivity index (χ0) is 29.0. The molecule has 11 heteroatoms. The molecular weight excluding hydrogens is 645 g/mol. The van der Waals surface area contributed by atoms with Crippen LogP contribution >= 0.6 is 33.9 Å². The van der Waals surface area contributed by atoms with E-state index in [9.17, 15) is 9.59 Å². The van der Waals surface area contributed by atoms with Gasteiger partial charge in [-0.25, -0.2) is 9.79 Å². The lowest BCUT2D eigenvalue weighted by Crippen LogP contribution is -2.40. The number of aromatic nitrogens is 1. The number of ether oxygens (including phenoxy) is 4. The number of hydrogen-bond donors (Lipinski definition) is 0. The van der Waals surface area contributed by atoms with Crippen molar-refractivity contribution in [2.45, 2.75) is 39.8 Å². The number of carbonyl (C=O) groups is 1. The molecule has 0 saturated heterocycles. The van der Waals surface area contributed by atoms with Crippen LogP contribution in [0.4, 0.5) is 0 Å². The average molecular weight is 674 g/mol. The lowest BCUT2D eigenvalue weighted by Gasteiger charge is -2.26. The predicted molar refractivity (Wildman–Crippen MR) is 159 cm³/mol. The fourth-order valence-electron chi connectivity index (χ4n) is 4.37. The Morgan fingerprint density at radius 1 is 1.27 bits per heavy atom. The number of methoxy groups -OCH3 is 1. The molecule has 40 heavy (non-hydrogen) atoms. The van der Waals surface area contributed by atoms with Gasteiger partial charge in [0.25, 0.3) is 5.56 Å². The first-order valence-electron chi connectivity index (χ1n) is 12.5. The zero-order valence-corrected chi connectivity index (χ0v) is 25.7. The lowest BCUT2D eigenvalue weighted by atomic mass is 9.95. The molecule has 0 bridgehead atoms. The molecule has 0 aliphatic carbocycles. The van der Waals surface area contributed by atoms with Gasteiger partial charge in [0.1, 0.15) is 17.9 Å². The van der Waals surface area contributed by atoms with E-state index in [0.29, 0.717) is 43.4 Å². The van der Waals surface area contributed by atoms with Crippen LogP contribution in [0.25, 0.3) is 6.08 Å². The number of carbonyl (C=O) groups excluding carboxylic acids is 1. The standard InChI is InChI=1S/C29H28IN3O6S/c1-6-37-28(35)24-17(4)32-29-33(25(24)19-9-7-8-10-21(19)39-16(2)3)27(34)23(40-29)15-18-13-20(30)26(38-12-11-31)22(14-18)36-5/h7-10,13-16,25H,6,12H2,1-5H3/b23-15+/t25-/m1/s1. The van der Waals surface area contributed by atoms with Gasteiger partial charge in [-0.1, -0.05) is 29.5 Å². The number of hydrogen-bond acceptors (Lipinski definition) is 9. The number of fused-ring (bicyclic) bond motifs is 1. The highest BCUT2D eigenvalue weighted by molar-refractivity contribution is 14.1. The molecule has 0 fully saturated rings. The number of nitriles is 1. The van der Waals surface area contributed by atoms with Gasteiger partial charge < -0.3 is 18.9 Å². The Labute approximate surface area is 249 Å². The zero-order valence-electron chi connectivity index (χ0n) is 22.7. The maximum atomic E-state index is 14.0. The van der Waals surface area contributed by atoms with Gasteiger partial charge in [0.15, 0.2) is 22.9 Å². The quantitative estimate of drug-likeness (QED) is 0.249. The number of rotatable bonds is 9. The molecule has 0 unspecified atom stereocenters. The van der Waals surface area contributed by atoms with Crippen molar-refractivity contribution < 1.29 is 23.7 Å². The number of benzene rings is 2. The molecular formula is C29H28IN3O6S. The highest BCUT2D eigenvalue weighted by atomic mass is 127. The summed E-state index contributed by atoms with van der Waals surface area (Å²) in [5.41, 5.74) is 1.83. The van der Waals surface area contributed by atoms with Crippen LogP contribution in [0.1, 0.15) is 44.9 Å². The second-order valence-corrected chi connectivity index (χ2v) is 11.2. The average Bonchev–Trinajstić information content (AvgIpc) is 3.21. The molecule has 3 aromatic rings. The fraction of sp³-hybridized carbons (Fsp3) is 0.310. The van der Waals surface area contributed by atoms with Crippen LogP contribution in [0.15, 0.2) is 57.5 Å². The molecule has 2 heterocycles. The minimum atomic E-state index is -0.788. The number of allylic oxidation sites excluding steroid dienone is 1. The van der Waals surface area contributed by atoms with Crippen LogP contribution in [0, 0.1) is 14.9 Å². The molecule has 0 saturated carbocycles. The first-order valence-corrected chi connectivity index (χ1v) is 14.4. The molecule has 9 nitrogen and oxygen atoms in total. The van der Waals surface area contributed by atoms with Crippen molar-refractivity contribution in [1.82, 2.24) is 4.57 Å². The van der Waals surface area contributed by atoms with Gasteiger partial charge in [0, 0.05) is 5.56 Å². The molecule has 0 N–H and O–H groups in total. The molecule has 4 rings (SSSR count). The minimum Gasteiger partial charge on any atom is -0.493 e.